The minimum absolute atomic E-state index is 0.217. The van der Waals surface area contributed by atoms with Crippen LogP contribution in [-0.4, -0.2) is 24.2 Å². The summed E-state index contributed by atoms with van der Waals surface area (Å²) in [4.78, 5) is 19.3. The Morgan fingerprint density at radius 2 is 2.00 bits per heavy atom. The average molecular weight is 408 g/mol. The number of amidine groups is 1. The number of nitrogens with zero attached hydrogens (tertiary/aromatic N) is 2. The summed E-state index contributed by atoms with van der Waals surface area (Å²) in [6, 6.07) is 9.00. The van der Waals surface area contributed by atoms with E-state index in [0.717, 1.165) is 19.0 Å². The predicted octanol–water partition coefficient (Wildman–Crippen LogP) is 5.08. The number of nitrogens with one attached hydrogen (secondary N) is 1. The number of aliphatic imine (C=N–C) groups is 1. The van der Waals surface area contributed by atoms with E-state index in [1.807, 2.05) is 12.1 Å². The van der Waals surface area contributed by atoms with Crippen LogP contribution in [0, 0.1) is 0 Å². The number of rotatable bonds is 3. The maximum atomic E-state index is 12.2. The molecule has 26 heavy (non-hydrogen) atoms. The van der Waals surface area contributed by atoms with E-state index in [9.17, 15) is 4.79 Å². The summed E-state index contributed by atoms with van der Waals surface area (Å²) in [6.07, 6.45) is 4.09. The van der Waals surface area contributed by atoms with Crippen LogP contribution < -0.4 is 10.2 Å². The molecule has 0 aliphatic carbocycles. The van der Waals surface area contributed by atoms with Crippen molar-refractivity contribution >= 4 is 63.7 Å². The molecule has 134 valence electrons. The first-order chi connectivity index (χ1) is 12.6. The maximum Gasteiger partial charge on any atom is 0.264 e. The largest absolute Gasteiger partial charge is 0.441 e. The highest BCUT2D eigenvalue weighted by molar-refractivity contribution is 8.18. The molecule has 8 heteroatoms. The van der Waals surface area contributed by atoms with Gasteiger partial charge in [-0.25, -0.2) is 4.99 Å². The highest BCUT2D eigenvalue weighted by atomic mass is 35.5. The fraction of sp³-hybridized carbons (Fsp3) is 0.222. The molecule has 5 nitrogen and oxygen atoms in total. The Bertz CT molecular complexity index is 917. The molecular weight excluding hydrogens is 393 g/mol. The lowest BCUT2D eigenvalue weighted by Crippen LogP contribution is -2.19. The number of thioether (sulfide) groups is 1. The molecule has 1 amide bonds. The first kappa shape index (κ1) is 17.5. The summed E-state index contributed by atoms with van der Waals surface area (Å²) >= 11 is 13.4. The molecule has 3 heterocycles. The zero-order valence-electron chi connectivity index (χ0n) is 13.7. The summed E-state index contributed by atoms with van der Waals surface area (Å²) in [5, 5.41) is 3.97. The van der Waals surface area contributed by atoms with Crippen molar-refractivity contribution < 1.29 is 9.21 Å². The molecular formula is C18H15Cl2N3O2S. The number of amides is 1. The summed E-state index contributed by atoms with van der Waals surface area (Å²) in [5.74, 6) is 1.27. The third-order valence-corrected chi connectivity index (χ3v) is 5.83. The molecule has 0 spiro atoms. The molecule has 2 aromatic rings. The number of anilines is 1. The number of benzene rings is 1. The lowest BCUT2D eigenvalue weighted by atomic mass is 10.3. The smallest absolute Gasteiger partial charge is 0.264 e. The Morgan fingerprint density at radius 1 is 1.19 bits per heavy atom. The molecule has 2 aliphatic heterocycles. The Balaban J connectivity index is 1.53. The van der Waals surface area contributed by atoms with E-state index in [1.165, 1.54) is 24.6 Å². The molecule has 1 aromatic carbocycles. The number of carbonyl (C=O) groups is 1. The fourth-order valence-corrected chi connectivity index (χ4v) is 3.98. The van der Waals surface area contributed by atoms with Crippen molar-refractivity contribution in [1.82, 2.24) is 5.32 Å². The predicted molar refractivity (Wildman–Crippen MR) is 107 cm³/mol. The van der Waals surface area contributed by atoms with E-state index in [2.05, 4.69) is 15.2 Å². The summed E-state index contributed by atoms with van der Waals surface area (Å²) in [7, 11) is 0. The van der Waals surface area contributed by atoms with Gasteiger partial charge in [0.25, 0.3) is 5.91 Å². The van der Waals surface area contributed by atoms with Gasteiger partial charge in [0.1, 0.15) is 5.76 Å². The topological polar surface area (TPSA) is 57.8 Å². The van der Waals surface area contributed by atoms with Crippen molar-refractivity contribution in [1.29, 1.82) is 0 Å². The first-order valence-electron chi connectivity index (χ1n) is 8.18. The van der Waals surface area contributed by atoms with E-state index in [-0.39, 0.29) is 5.91 Å². The van der Waals surface area contributed by atoms with Crippen molar-refractivity contribution in [2.24, 2.45) is 4.99 Å². The molecule has 0 radical (unpaired) electrons. The SMILES string of the molecule is O=C1NC(=Nc2cccc(Cl)c2Cl)SC1=Cc1ccc(N2CCCC2)o1. The molecule has 0 bridgehead atoms. The van der Waals surface area contributed by atoms with Crippen LogP contribution in [0.4, 0.5) is 11.6 Å². The Labute approximate surface area is 165 Å². The van der Waals surface area contributed by atoms with Gasteiger partial charge in [-0.2, -0.15) is 0 Å². The number of hydrogen-bond acceptors (Lipinski definition) is 5. The Morgan fingerprint density at radius 3 is 2.81 bits per heavy atom. The second-order valence-corrected chi connectivity index (χ2v) is 7.74. The molecule has 0 unspecified atom stereocenters. The second kappa shape index (κ2) is 7.39. The van der Waals surface area contributed by atoms with Crippen LogP contribution >= 0.6 is 35.0 Å². The van der Waals surface area contributed by atoms with Gasteiger partial charge in [-0.1, -0.05) is 29.3 Å². The van der Waals surface area contributed by atoms with E-state index in [4.69, 9.17) is 27.6 Å². The van der Waals surface area contributed by atoms with Crippen LogP contribution in [0.15, 0.2) is 44.6 Å². The minimum Gasteiger partial charge on any atom is -0.441 e. The van der Waals surface area contributed by atoms with Crippen molar-refractivity contribution in [2.45, 2.75) is 12.8 Å². The molecule has 0 saturated carbocycles. The van der Waals surface area contributed by atoms with E-state index in [1.54, 1.807) is 24.3 Å². The summed E-state index contributed by atoms with van der Waals surface area (Å²) in [6.45, 7) is 2.02. The molecule has 1 N–H and O–H groups in total. The van der Waals surface area contributed by atoms with Crippen molar-refractivity contribution in [3.8, 4) is 0 Å². The minimum atomic E-state index is -0.217. The number of hydrogen-bond donors (Lipinski definition) is 1. The number of furan rings is 1. The van der Waals surface area contributed by atoms with Gasteiger partial charge in [-0.3, -0.25) is 4.79 Å². The summed E-state index contributed by atoms with van der Waals surface area (Å²) in [5.41, 5.74) is 0.512. The average Bonchev–Trinajstić information content (AvgIpc) is 3.34. The highest BCUT2D eigenvalue weighted by Gasteiger charge is 2.25. The molecule has 2 fully saturated rings. The van der Waals surface area contributed by atoms with Crippen LogP contribution in [-0.2, 0) is 4.79 Å². The van der Waals surface area contributed by atoms with Crippen molar-refractivity contribution in [3.05, 3.63) is 51.0 Å². The zero-order chi connectivity index (χ0) is 18.1. The van der Waals surface area contributed by atoms with Gasteiger partial charge in [-0.05, 0) is 42.8 Å². The Hall–Kier alpha value is -1.89. The maximum absolute atomic E-state index is 12.2. The molecule has 1 aromatic heterocycles. The van der Waals surface area contributed by atoms with Crippen LogP contribution in [0.5, 0.6) is 0 Å². The Kier molecular flexibility index (Phi) is 4.98. The molecule has 0 atom stereocenters. The summed E-state index contributed by atoms with van der Waals surface area (Å²) < 4.78 is 5.84. The normalized spacial score (nSPS) is 20.4. The van der Waals surface area contributed by atoms with Crippen LogP contribution in [0.25, 0.3) is 6.08 Å². The number of halogens is 2. The quantitative estimate of drug-likeness (QED) is 0.720. The van der Waals surface area contributed by atoms with Crippen LogP contribution in [0.1, 0.15) is 18.6 Å². The lowest BCUT2D eigenvalue weighted by molar-refractivity contribution is -0.115. The van der Waals surface area contributed by atoms with Gasteiger partial charge < -0.3 is 14.6 Å². The zero-order valence-corrected chi connectivity index (χ0v) is 16.0. The lowest BCUT2D eigenvalue weighted by Gasteiger charge is -2.12. The third-order valence-electron chi connectivity index (χ3n) is 4.11. The van der Waals surface area contributed by atoms with Gasteiger partial charge in [0, 0.05) is 25.2 Å². The van der Waals surface area contributed by atoms with Crippen molar-refractivity contribution in [3.63, 3.8) is 0 Å². The van der Waals surface area contributed by atoms with E-state index >= 15 is 0 Å². The van der Waals surface area contributed by atoms with E-state index in [0.29, 0.717) is 31.6 Å². The van der Waals surface area contributed by atoms with Gasteiger partial charge in [0.2, 0.25) is 0 Å². The third kappa shape index (κ3) is 3.63. The molecule has 4 rings (SSSR count). The van der Waals surface area contributed by atoms with Crippen molar-refractivity contribution in [2.75, 3.05) is 18.0 Å². The monoisotopic (exact) mass is 407 g/mol. The number of carbonyl (C=O) groups excluding carboxylic acids is 1. The molecule has 2 aliphatic rings. The highest BCUT2D eigenvalue weighted by Crippen LogP contribution is 2.35. The van der Waals surface area contributed by atoms with E-state index < -0.39 is 0 Å². The van der Waals surface area contributed by atoms with Gasteiger partial charge in [0.15, 0.2) is 11.1 Å². The van der Waals surface area contributed by atoms with Crippen LogP contribution in [0.3, 0.4) is 0 Å². The fourth-order valence-electron chi connectivity index (χ4n) is 2.83. The van der Waals surface area contributed by atoms with Gasteiger partial charge in [0.05, 0.1) is 20.6 Å². The second-order valence-electron chi connectivity index (χ2n) is 5.92. The van der Waals surface area contributed by atoms with Gasteiger partial charge >= 0.3 is 0 Å². The van der Waals surface area contributed by atoms with Gasteiger partial charge in [-0.15, -0.1) is 0 Å². The molecule has 2 saturated heterocycles. The van der Waals surface area contributed by atoms with Crippen LogP contribution in [0.2, 0.25) is 10.0 Å². The first-order valence-corrected chi connectivity index (χ1v) is 9.76. The standard InChI is InChI=1S/C18H15Cl2N3O2S/c19-12-4-3-5-13(16(12)20)21-18-22-17(24)14(26-18)10-11-6-7-15(25-11)23-8-1-2-9-23/h3-7,10H,1-2,8-9H2,(H,21,22,24).